The molecule has 27 heavy (non-hydrogen) atoms. The van der Waals surface area contributed by atoms with Gasteiger partial charge in [0.15, 0.2) is 8.32 Å². The number of rotatable bonds is 3. The van der Waals surface area contributed by atoms with Gasteiger partial charge in [-0.05, 0) is 49.9 Å². The molecule has 4 nitrogen and oxygen atoms in total. The van der Waals surface area contributed by atoms with Gasteiger partial charge in [-0.3, -0.25) is 4.79 Å². The van der Waals surface area contributed by atoms with Crippen molar-refractivity contribution in [2.75, 3.05) is 13.7 Å². The van der Waals surface area contributed by atoms with E-state index in [0.29, 0.717) is 13.0 Å². The zero-order valence-corrected chi connectivity index (χ0v) is 19.6. The van der Waals surface area contributed by atoms with Crippen LogP contribution < -0.4 is 0 Å². The molecule has 0 saturated carbocycles. The average molecular weight is 397 g/mol. The van der Waals surface area contributed by atoms with Gasteiger partial charge in [0, 0.05) is 19.4 Å². The van der Waals surface area contributed by atoms with E-state index in [1.807, 2.05) is 6.92 Å². The number of hydrogen-bond donors (Lipinski definition) is 0. The highest BCUT2D eigenvalue weighted by molar-refractivity contribution is 6.74. The Balaban J connectivity index is 3.15. The van der Waals surface area contributed by atoms with Crippen LogP contribution in [0.1, 0.15) is 60.3 Å². The zero-order chi connectivity index (χ0) is 20.7. The molecule has 1 aliphatic heterocycles. The van der Waals surface area contributed by atoms with E-state index in [4.69, 9.17) is 13.9 Å². The van der Waals surface area contributed by atoms with Gasteiger partial charge in [0.1, 0.15) is 12.7 Å². The molecule has 0 N–H and O–H groups in total. The largest absolute Gasteiger partial charge is 0.461 e. The molecule has 0 bridgehead atoms. The molecule has 3 atom stereocenters. The van der Waals surface area contributed by atoms with Crippen molar-refractivity contribution in [1.82, 2.24) is 0 Å². The number of carbonyl (C=O) groups excluding carboxylic acids is 1. The molecule has 0 aromatic rings. The van der Waals surface area contributed by atoms with Crippen LogP contribution in [0.3, 0.4) is 0 Å². The normalized spacial score (nSPS) is 26.9. The van der Waals surface area contributed by atoms with Gasteiger partial charge < -0.3 is 13.9 Å². The third-order valence-corrected chi connectivity index (χ3v) is 10.2. The minimum Gasteiger partial charge on any atom is -0.461 e. The van der Waals surface area contributed by atoms with E-state index in [9.17, 15) is 4.79 Å². The fraction of sp³-hybridized carbons (Fsp3) is 0.773. The zero-order valence-electron chi connectivity index (χ0n) is 18.6. The van der Waals surface area contributed by atoms with Crippen LogP contribution >= 0.6 is 0 Å². The molecule has 1 unspecified atom stereocenters. The lowest BCUT2D eigenvalue weighted by atomic mass is 9.96. The summed E-state index contributed by atoms with van der Waals surface area (Å²) in [6.45, 7) is 15.8. The Hall–Kier alpha value is -0.913. The fourth-order valence-corrected chi connectivity index (χ4v) is 4.32. The molecule has 1 heterocycles. The predicted molar refractivity (Wildman–Crippen MR) is 114 cm³/mol. The molecule has 1 aliphatic rings. The quantitative estimate of drug-likeness (QED) is 0.351. The third kappa shape index (κ3) is 7.92. The van der Waals surface area contributed by atoms with E-state index in [1.54, 1.807) is 7.11 Å². The van der Waals surface area contributed by atoms with Crippen LogP contribution in [-0.4, -0.2) is 40.2 Å². The monoisotopic (exact) mass is 396 g/mol. The summed E-state index contributed by atoms with van der Waals surface area (Å²) in [4.78, 5) is 11.8. The number of esters is 1. The third-order valence-electron chi connectivity index (χ3n) is 5.69. The smallest absolute Gasteiger partial charge is 0.306 e. The van der Waals surface area contributed by atoms with Crippen LogP contribution in [0.15, 0.2) is 23.8 Å². The summed E-state index contributed by atoms with van der Waals surface area (Å²) in [5.41, 5.74) is 1.05. The van der Waals surface area contributed by atoms with Gasteiger partial charge in [-0.2, -0.15) is 0 Å². The topological polar surface area (TPSA) is 44.8 Å². The summed E-state index contributed by atoms with van der Waals surface area (Å²) < 4.78 is 18.0. The Morgan fingerprint density at radius 3 is 2.48 bits per heavy atom. The van der Waals surface area contributed by atoms with Gasteiger partial charge in [0.25, 0.3) is 0 Å². The van der Waals surface area contributed by atoms with Crippen LogP contribution in [0, 0.1) is 5.92 Å². The van der Waals surface area contributed by atoms with Crippen molar-refractivity contribution in [2.24, 2.45) is 5.92 Å². The maximum absolute atomic E-state index is 11.8. The molecule has 0 aliphatic carbocycles. The molecule has 0 radical (unpaired) electrons. The lowest BCUT2D eigenvalue weighted by Crippen LogP contribution is -2.49. The predicted octanol–water partition coefficient (Wildman–Crippen LogP) is 5.65. The van der Waals surface area contributed by atoms with E-state index in [0.717, 1.165) is 24.8 Å². The van der Waals surface area contributed by atoms with Gasteiger partial charge in [0.05, 0.1) is 6.10 Å². The standard InChI is InChI=1S/C22H40O4Si/c1-17-15-18(2)21(26-27(7,8)22(3,4)5)19(24-6)13-11-9-10-12-14-20(23)25-16-17/h11,13,15,18-19,21H,9-10,12,14,16H2,1-8H3/t18?,19-,21-/m0/s1. The van der Waals surface area contributed by atoms with Crippen LogP contribution in [0.2, 0.25) is 18.1 Å². The van der Waals surface area contributed by atoms with Crippen LogP contribution in [0.25, 0.3) is 0 Å². The minimum absolute atomic E-state index is 0.0688. The summed E-state index contributed by atoms with van der Waals surface area (Å²) in [6.07, 6.45) is 9.55. The molecule has 1 rings (SSSR count). The van der Waals surface area contributed by atoms with Crippen molar-refractivity contribution in [2.45, 2.75) is 90.6 Å². The first-order chi connectivity index (χ1) is 12.5. The summed E-state index contributed by atoms with van der Waals surface area (Å²) in [7, 11) is -0.207. The Bertz CT molecular complexity index is 531. The number of allylic oxidation sites excluding steroid dienone is 1. The SMILES string of the molecule is CO[C@H]1C=CCCCCC(=O)OCC(C)=CC(C)[C@@H]1O[Si](C)(C)C(C)(C)C. The Labute approximate surface area is 167 Å². The van der Waals surface area contributed by atoms with Crippen molar-refractivity contribution >= 4 is 14.3 Å². The molecule has 156 valence electrons. The second-order valence-electron chi connectivity index (χ2n) is 9.25. The van der Waals surface area contributed by atoms with Crippen molar-refractivity contribution in [3.8, 4) is 0 Å². The van der Waals surface area contributed by atoms with Crippen molar-refractivity contribution in [3.63, 3.8) is 0 Å². The summed E-state index contributed by atoms with van der Waals surface area (Å²) in [6, 6.07) is 0. The highest BCUT2D eigenvalue weighted by atomic mass is 28.4. The van der Waals surface area contributed by atoms with Gasteiger partial charge >= 0.3 is 5.97 Å². The molecule has 0 aromatic heterocycles. The van der Waals surface area contributed by atoms with Crippen molar-refractivity contribution in [3.05, 3.63) is 23.8 Å². The number of carbonyl (C=O) groups is 1. The number of hydrogen-bond acceptors (Lipinski definition) is 4. The van der Waals surface area contributed by atoms with E-state index in [1.165, 1.54) is 0 Å². The first-order valence-electron chi connectivity index (χ1n) is 10.2. The average Bonchev–Trinajstić information content (AvgIpc) is 2.56. The highest BCUT2D eigenvalue weighted by Crippen LogP contribution is 2.39. The van der Waals surface area contributed by atoms with Gasteiger partial charge in [-0.15, -0.1) is 0 Å². The van der Waals surface area contributed by atoms with Crippen LogP contribution in [0.4, 0.5) is 0 Å². The van der Waals surface area contributed by atoms with E-state index in [2.05, 4.69) is 59.0 Å². The molecular weight excluding hydrogens is 356 g/mol. The lowest BCUT2D eigenvalue weighted by molar-refractivity contribution is -0.142. The molecule has 0 saturated heterocycles. The first kappa shape index (κ1) is 24.1. The number of methoxy groups -OCH3 is 1. The van der Waals surface area contributed by atoms with Gasteiger partial charge in [-0.1, -0.05) is 45.9 Å². The second-order valence-corrected chi connectivity index (χ2v) is 14.0. The summed E-state index contributed by atoms with van der Waals surface area (Å²) >= 11 is 0. The van der Waals surface area contributed by atoms with E-state index < -0.39 is 8.32 Å². The molecular formula is C22H40O4Si. The number of cyclic esters (lactones) is 1. The first-order valence-corrected chi connectivity index (χ1v) is 13.1. The Kier molecular flexibility index (Phi) is 9.46. The maximum atomic E-state index is 11.8. The van der Waals surface area contributed by atoms with Crippen LogP contribution in [0.5, 0.6) is 0 Å². The molecule has 0 fully saturated rings. The van der Waals surface area contributed by atoms with Crippen molar-refractivity contribution < 1.29 is 18.7 Å². The highest BCUT2D eigenvalue weighted by Gasteiger charge is 2.41. The molecule has 0 aromatic carbocycles. The maximum Gasteiger partial charge on any atom is 0.306 e. The van der Waals surface area contributed by atoms with Gasteiger partial charge in [0.2, 0.25) is 0 Å². The minimum atomic E-state index is -1.96. The van der Waals surface area contributed by atoms with E-state index in [-0.39, 0.29) is 29.1 Å². The van der Waals surface area contributed by atoms with Crippen LogP contribution in [-0.2, 0) is 18.7 Å². The Morgan fingerprint density at radius 1 is 1.22 bits per heavy atom. The number of ether oxygens (including phenoxy) is 2. The lowest BCUT2D eigenvalue weighted by Gasteiger charge is -2.42. The van der Waals surface area contributed by atoms with Gasteiger partial charge in [-0.25, -0.2) is 0 Å². The second kappa shape index (κ2) is 10.6. The summed E-state index contributed by atoms with van der Waals surface area (Å²) in [5.74, 6) is 0.0376. The molecule has 0 spiro atoms. The molecule has 0 amide bonds. The fourth-order valence-electron chi connectivity index (χ4n) is 2.93. The molecule has 5 heteroatoms. The van der Waals surface area contributed by atoms with Crippen molar-refractivity contribution in [1.29, 1.82) is 0 Å². The summed E-state index contributed by atoms with van der Waals surface area (Å²) in [5, 5.41) is 0.127. The Morgan fingerprint density at radius 2 is 1.89 bits per heavy atom. The van der Waals surface area contributed by atoms with E-state index >= 15 is 0 Å².